The number of carbonyl (C=O) groups is 1. The molecule has 1 unspecified atom stereocenters. The van der Waals surface area contributed by atoms with Crippen LogP contribution in [0.4, 0.5) is 5.13 Å². The van der Waals surface area contributed by atoms with Crippen molar-refractivity contribution < 1.29 is 9.53 Å². The van der Waals surface area contributed by atoms with Crippen LogP contribution in [0.25, 0.3) is 0 Å². The first kappa shape index (κ1) is 11.3. The summed E-state index contributed by atoms with van der Waals surface area (Å²) in [6.07, 6.45) is 2.77. The molecule has 1 aromatic rings. The largest absolute Gasteiger partial charge is 0.375 e. The number of rotatable bonds is 4. The van der Waals surface area contributed by atoms with Crippen molar-refractivity contribution in [2.75, 3.05) is 31.7 Å². The quantitative estimate of drug-likeness (QED) is 0.833. The maximum Gasteiger partial charge on any atom is 0.246 e. The predicted octanol–water partition coefficient (Wildman–Crippen LogP) is 0.484. The van der Waals surface area contributed by atoms with E-state index in [1.807, 2.05) is 5.38 Å². The highest BCUT2D eigenvalue weighted by molar-refractivity contribution is 7.13. The molecule has 0 radical (unpaired) electrons. The highest BCUT2D eigenvalue weighted by atomic mass is 32.1. The van der Waals surface area contributed by atoms with Crippen molar-refractivity contribution in [3.8, 4) is 0 Å². The summed E-state index contributed by atoms with van der Waals surface area (Å²) < 4.78 is 4.78. The fourth-order valence-corrected chi connectivity index (χ4v) is 2.50. The first-order valence-electron chi connectivity index (χ1n) is 5.22. The van der Waals surface area contributed by atoms with Crippen LogP contribution in [-0.2, 0) is 9.53 Å². The molecule has 0 bridgehead atoms. The lowest BCUT2D eigenvalue weighted by Gasteiger charge is -2.15. The number of thiazole rings is 1. The van der Waals surface area contributed by atoms with Crippen molar-refractivity contribution in [3.05, 3.63) is 11.6 Å². The van der Waals surface area contributed by atoms with Gasteiger partial charge < -0.3 is 15.0 Å². The standard InChI is InChI=1S/C10H15N3O2S/c1-15-7-9(14)12-8-2-4-13(6-8)10-11-3-5-16-10/h3,5,8H,2,4,6-7H2,1H3,(H,12,14). The molecule has 16 heavy (non-hydrogen) atoms. The number of methoxy groups -OCH3 is 1. The van der Waals surface area contributed by atoms with E-state index >= 15 is 0 Å². The topological polar surface area (TPSA) is 54.5 Å². The highest BCUT2D eigenvalue weighted by Gasteiger charge is 2.24. The Bertz CT molecular complexity index is 342. The molecule has 2 rings (SSSR count). The monoisotopic (exact) mass is 241 g/mol. The first-order chi connectivity index (χ1) is 7.79. The van der Waals surface area contributed by atoms with Crippen LogP contribution in [0.1, 0.15) is 6.42 Å². The molecule has 1 amide bonds. The normalized spacial score (nSPS) is 20.1. The molecule has 1 fully saturated rings. The molecule has 1 aliphatic rings. The van der Waals surface area contributed by atoms with Gasteiger partial charge in [-0.15, -0.1) is 11.3 Å². The minimum atomic E-state index is -0.0477. The van der Waals surface area contributed by atoms with Crippen LogP contribution < -0.4 is 10.2 Å². The summed E-state index contributed by atoms with van der Waals surface area (Å²) >= 11 is 1.63. The summed E-state index contributed by atoms with van der Waals surface area (Å²) in [6, 6.07) is 0.214. The Morgan fingerprint density at radius 3 is 3.38 bits per heavy atom. The minimum absolute atomic E-state index is 0.0477. The third kappa shape index (κ3) is 2.70. The Morgan fingerprint density at radius 2 is 2.69 bits per heavy atom. The van der Waals surface area contributed by atoms with Gasteiger partial charge >= 0.3 is 0 Å². The van der Waals surface area contributed by atoms with E-state index in [4.69, 9.17) is 4.74 Å². The third-order valence-corrected chi connectivity index (χ3v) is 3.35. The summed E-state index contributed by atoms with van der Waals surface area (Å²) in [4.78, 5) is 17.8. The second-order valence-corrected chi connectivity index (χ2v) is 4.62. The van der Waals surface area contributed by atoms with Gasteiger partial charge in [0.05, 0.1) is 0 Å². The maximum absolute atomic E-state index is 11.3. The van der Waals surface area contributed by atoms with Gasteiger partial charge in [0.1, 0.15) is 6.61 Å². The molecule has 0 saturated carbocycles. The molecule has 0 spiro atoms. The van der Waals surface area contributed by atoms with Crippen molar-refractivity contribution in [3.63, 3.8) is 0 Å². The van der Waals surface area contributed by atoms with Crippen LogP contribution in [0, 0.1) is 0 Å². The van der Waals surface area contributed by atoms with Gasteiger partial charge in [0.15, 0.2) is 5.13 Å². The Hall–Kier alpha value is -1.14. The van der Waals surface area contributed by atoms with Crippen LogP contribution in [-0.4, -0.2) is 43.7 Å². The van der Waals surface area contributed by atoms with E-state index in [0.717, 1.165) is 24.6 Å². The van der Waals surface area contributed by atoms with E-state index in [9.17, 15) is 4.79 Å². The lowest BCUT2D eigenvalue weighted by atomic mass is 10.2. The van der Waals surface area contributed by atoms with Gasteiger partial charge in [0, 0.05) is 37.8 Å². The minimum Gasteiger partial charge on any atom is -0.375 e. The Morgan fingerprint density at radius 1 is 1.81 bits per heavy atom. The molecule has 1 saturated heterocycles. The van der Waals surface area contributed by atoms with Gasteiger partial charge in [0.2, 0.25) is 5.91 Å². The molecule has 1 aliphatic heterocycles. The number of carbonyl (C=O) groups excluding carboxylic acids is 1. The summed E-state index contributed by atoms with van der Waals surface area (Å²) in [5.41, 5.74) is 0. The summed E-state index contributed by atoms with van der Waals surface area (Å²) in [6.45, 7) is 1.92. The van der Waals surface area contributed by atoms with Crippen molar-refractivity contribution >= 4 is 22.4 Å². The van der Waals surface area contributed by atoms with Crippen LogP contribution in [0.3, 0.4) is 0 Å². The zero-order valence-electron chi connectivity index (χ0n) is 9.18. The van der Waals surface area contributed by atoms with Crippen LogP contribution in [0.5, 0.6) is 0 Å². The highest BCUT2D eigenvalue weighted by Crippen LogP contribution is 2.22. The van der Waals surface area contributed by atoms with Crippen LogP contribution in [0.2, 0.25) is 0 Å². The second kappa shape index (κ2) is 5.27. The van der Waals surface area contributed by atoms with Crippen molar-refractivity contribution in [1.82, 2.24) is 10.3 Å². The van der Waals surface area contributed by atoms with E-state index in [1.54, 1.807) is 17.5 Å². The smallest absolute Gasteiger partial charge is 0.246 e. The van der Waals surface area contributed by atoms with Crippen LogP contribution >= 0.6 is 11.3 Å². The molecule has 0 aliphatic carbocycles. The molecular formula is C10H15N3O2S. The zero-order valence-corrected chi connectivity index (χ0v) is 10.00. The van der Waals surface area contributed by atoms with Gasteiger partial charge in [-0.25, -0.2) is 4.98 Å². The number of nitrogens with zero attached hydrogens (tertiary/aromatic N) is 2. The molecule has 2 heterocycles. The van der Waals surface area contributed by atoms with Crippen molar-refractivity contribution in [1.29, 1.82) is 0 Å². The van der Waals surface area contributed by atoms with Crippen molar-refractivity contribution in [2.45, 2.75) is 12.5 Å². The number of hydrogen-bond donors (Lipinski definition) is 1. The van der Waals surface area contributed by atoms with E-state index in [-0.39, 0.29) is 18.6 Å². The SMILES string of the molecule is COCC(=O)NC1CCN(c2nccs2)C1. The first-order valence-corrected chi connectivity index (χ1v) is 6.10. The number of ether oxygens (including phenoxy) is 1. The fourth-order valence-electron chi connectivity index (χ4n) is 1.82. The van der Waals surface area contributed by atoms with Gasteiger partial charge in [-0.1, -0.05) is 0 Å². The second-order valence-electron chi connectivity index (χ2n) is 3.75. The maximum atomic E-state index is 11.3. The number of amides is 1. The lowest BCUT2D eigenvalue weighted by Crippen LogP contribution is -2.38. The van der Waals surface area contributed by atoms with E-state index in [0.29, 0.717) is 0 Å². The van der Waals surface area contributed by atoms with Gasteiger partial charge in [-0.3, -0.25) is 4.79 Å². The van der Waals surface area contributed by atoms with E-state index in [1.165, 1.54) is 7.11 Å². The van der Waals surface area contributed by atoms with Crippen molar-refractivity contribution in [2.24, 2.45) is 0 Å². The molecule has 1 N–H and O–H groups in total. The third-order valence-electron chi connectivity index (χ3n) is 2.52. The number of anilines is 1. The van der Waals surface area contributed by atoms with Gasteiger partial charge in [-0.2, -0.15) is 0 Å². The molecular weight excluding hydrogens is 226 g/mol. The van der Waals surface area contributed by atoms with E-state index < -0.39 is 0 Å². The fraction of sp³-hybridized carbons (Fsp3) is 0.600. The molecule has 1 aromatic heterocycles. The number of nitrogens with one attached hydrogen (secondary N) is 1. The Kier molecular flexibility index (Phi) is 3.74. The summed E-state index contributed by atoms with van der Waals surface area (Å²) in [5, 5.41) is 5.94. The predicted molar refractivity (Wildman–Crippen MR) is 62.8 cm³/mol. The average Bonchev–Trinajstić information content (AvgIpc) is 2.86. The molecule has 6 heteroatoms. The molecule has 5 nitrogen and oxygen atoms in total. The average molecular weight is 241 g/mol. The summed E-state index contributed by atoms with van der Waals surface area (Å²) in [7, 11) is 1.52. The van der Waals surface area contributed by atoms with Crippen LogP contribution in [0.15, 0.2) is 11.6 Å². The Labute approximate surface area is 98.4 Å². The van der Waals surface area contributed by atoms with Gasteiger partial charge in [-0.05, 0) is 6.42 Å². The van der Waals surface area contributed by atoms with Gasteiger partial charge in [0.25, 0.3) is 0 Å². The lowest BCUT2D eigenvalue weighted by molar-refractivity contribution is -0.125. The summed E-state index contributed by atoms with van der Waals surface area (Å²) in [5.74, 6) is -0.0477. The Balaban J connectivity index is 1.82. The van der Waals surface area contributed by atoms with E-state index in [2.05, 4.69) is 15.2 Å². The molecule has 1 atom stereocenters. The molecule has 0 aromatic carbocycles. The molecule has 88 valence electrons. The number of aromatic nitrogens is 1. The number of hydrogen-bond acceptors (Lipinski definition) is 5. The zero-order chi connectivity index (χ0) is 11.4.